The van der Waals surface area contributed by atoms with Gasteiger partial charge in [-0.05, 0) is 24.6 Å². The number of rotatable bonds is 3. The first-order chi connectivity index (χ1) is 7.22. The van der Waals surface area contributed by atoms with Crippen LogP contribution >= 0.6 is 0 Å². The summed E-state index contributed by atoms with van der Waals surface area (Å²) in [4.78, 5) is 3.16. The van der Waals surface area contributed by atoms with Crippen LogP contribution in [0, 0.1) is 6.92 Å². The molecule has 15 heavy (non-hydrogen) atoms. The van der Waals surface area contributed by atoms with E-state index in [2.05, 4.69) is 16.6 Å². The van der Waals surface area contributed by atoms with Crippen molar-refractivity contribution >= 4 is 27.6 Å². The second-order valence-electron chi connectivity index (χ2n) is 3.43. The van der Waals surface area contributed by atoms with Gasteiger partial charge in [0.15, 0.2) is 0 Å². The maximum Gasteiger partial charge on any atom is 0.116 e. The first kappa shape index (κ1) is 10.2. The van der Waals surface area contributed by atoms with E-state index in [0.29, 0.717) is 5.75 Å². The number of H-pyrrole nitrogens is 1. The van der Waals surface area contributed by atoms with Gasteiger partial charge in [-0.15, -0.1) is 0 Å². The topological polar surface area (TPSA) is 44.9 Å². The second-order valence-corrected chi connectivity index (χ2v) is 4.91. The second kappa shape index (κ2) is 4.06. The van der Waals surface area contributed by atoms with Gasteiger partial charge < -0.3 is 9.71 Å². The van der Waals surface area contributed by atoms with Crippen molar-refractivity contribution in [2.24, 2.45) is 0 Å². The summed E-state index contributed by atoms with van der Waals surface area (Å²) in [6.45, 7) is 3.96. The van der Waals surface area contributed by atoms with Crippen LogP contribution in [0.1, 0.15) is 12.5 Å². The first-order valence-corrected chi connectivity index (χ1v) is 6.26. The molecule has 0 amide bonds. The molecule has 0 saturated heterocycles. The van der Waals surface area contributed by atoms with E-state index in [1.54, 1.807) is 0 Å². The van der Waals surface area contributed by atoms with Gasteiger partial charge in [0.25, 0.3) is 0 Å². The van der Waals surface area contributed by atoms with E-state index in [4.69, 9.17) is 0 Å². The standard InChI is InChI=1S/C11H14N2OS/c1-3-15(14)13-10-5-4-8(2)9-6-7-12-11(9)10/h4-7,12-13H,3H2,1-2H3. The van der Waals surface area contributed by atoms with Crippen molar-refractivity contribution in [2.45, 2.75) is 13.8 Å². The molecule has 0 aliphatic heterocycles. The molecule has 0 saturated carbocycles. The summed E-state index contributed by atoms with van der Waals surface area (Å²) in [5, 5.41) is 1.17. The molecule has 2 rings (SSSR count). The van der Waals surface area contributed by atoms with Crippen LogP contribution in [0.25, 0.3) is 10.9 Å². The molecule has 0 spiro atoms. The van der Waals surface area contributed by atoms with Crippen LogP contribution in [0.3, 0.4) is 0 Å². The van der Waals surface area contributed by atoms with Crippen LogP contribution in [0.15, 0.2) is 24.4 Å². The molecular weight excluding hydrogens is 208 g/mol. The van der Waals surface area contributed by atoms with Crippen molar-refractivity contribution in [1.82, 2.24) is 4.98 Å². The molecule has 80 valence electrons. The quantitative estimate of drug-likeness (QED) is 0.823. The number of aromatic nitrogens is 1. The third-order valence-electron chi connectivity index (χ3n) is 2.43. The monoisotopic (exact) mass is 222 g/mol. The molecule has 1 unspecified atom stereocenters. The van der Waals surface area contributed by atoms with Crippen LogP contribution in [-0.4, -0.2) is 14.9 Å². The van der Waals surface area contributed by atoms with Gasteiger partial charge in [0.2, 0.25) is 0 Å². The van der Waals surface area contributed by atoms with Crippen LogP contribution < -0.4 is 4.72 Å². The largest absolute Gasteiger partial charge is 0.359 e. The van der Waals surface area contributed by atoms with Crippen LogP contribution in [0.2, 0.25) is 0 Å². The zero-order valence-electron chi connectivity index (χ0n) is 8.83. The van der Waals surface area contributed by atoms with Gasteiger partial charge in [0, 0.05) is 17.3 Å². The molecule has 0 aliphatic carbocycles. The Morgan fingerprint density at radius 3 is 2.93 bits per heavy atom. The van der Waals surface area contributed by atoms with Gasteiger partial charge in [-0.25, -0.2) is 4.21 Å². The molecule has 1 aromatic carbocycles. The lowest BCUT2D eigenvalue weighted by Gasteiger charge is -2.06. The summed E-state index contributed by atoms with van der Waals surface area (Å²) in [5.41, 5.74) is 3.15. The summed E-state index contributed by atoms with van der Waals surface area (Å²) in [7, 11) is -0.995. The normalized spacial score (nSPS) is 12.9. The first-order valence-electron chi connectivity index (χ1n) is 4.94. The van der Waals surface area contributed by atoms with Gasteiger partial charge in [0.05, 0.1) is 11.2 Å². The van der Waals surface area contributed by atoms with Crippen molar-refractivity contribution in [3.63, 3.8) is 0 Å². The molecule has 2 N–H and O–H groups in total. The van der Waals surface area contributed by atoms with Gasteiger partial charge in [-0.2, -0.15) is 0 Å². The molecule has 2 aromatic rings. The Morgan fingerprint density at radius 2 is 2.20 bits per heavy atom. The van der Waals surface area contributed by atoms with Crippen molar-refractivity contribution in [2.75, 3.05) is 10.5 Å². The van der Waals surface area contributed by atoms with E-state index < -0.39 is 11.0 Å². The Kier molecular flexibility index (Phi) is 2.77. The summed E-state index contributed by atoms with van der Waals surface area (Å²) in [6, 6.07) is 6.03. The highest BCUT2D eigenvalue weighted by Gasteiger charge is 2.05. The molecule has 1 heterocycles. The third kappa shape index (κ3) is 1.90. The van der Waals surface area contributed by atoms with E-state index in [-0.39, 0.29) is 0 Å². The predicted molar refractivity (Wildman–Crippen MR) is 65.3 cm³/mol. The molecule has 0 aliphatic rings. The lowest BCUT2D eigenvalue weighted by molar-refractivity contribution is 0.687. The van der Waals surface area contributed by atoms with E-state index in [1.807, 2.05) is 31.3 Å². The van der Waals surface area contributed by atoms with E-state index in [0.717, 1.165) is 11.2 Å². The number of hydrogen-bond donors (Lipinski definition) is 2. The Balaban J connectivity index is 2.48. The minimum atomic E-state index is -0.995. The average Bonchev–Trinajstić information content (AvgIpc) is 2.71. The van der Waals surface area contributed by atoms with E-state index in [9.17, 15) is 4.21 Å². The van der Waals surface area contributed by atoms with Crippen molar-refractivity contribution in [3.05, 3.63) is 30.0 Å². The van der Waals surface area contributed by atoms with Crippen molar-refractivity contribution < 1.29 is 4.21 Å². The predicted octanol–water partition coefficient (Wildman–Crippen LogP) is 2.57. The fraction of sp³-hybridized carbons (Fsp3) is 0.273. The fourth-order valence-corrected chi connectivity index (χ4v) is 2.14. The Morgan fingerprint density at radius 1 is 1.40 bits per heavy atom. The number of anilines is 1. The molecule has 1 aromatic heterocycles. The lowest BCUT2D eigenvalue weighted by atomic mass is 10.1. The van der Waals surface area contributed by atoms with Crippen molar-refractivity contribution in [1.29, 1.82) is 0 Å². The Hall–Kier alpha value is -1.29. The summed E-state index contributed by atoms with van der Waals surface area (Å²) in [6.07, 6.45) is 1.90. The minimum absolute atomic E-state index is 0.607. The molecule has 0 fully saturated rings. The highest BCUT2D eigenvalue weighted by molar-refractivity contribution is 7.86. The number of aryl methyl sites for hydroxylation is 1. The number of nitrogens with one attached hydrogen (secondary N) is 2. The van der Waals surface area contributed by atoms with E-state index in [1.165, 1.54) is 10.9 Å². The van der Waals surface area contributed by atoms with Crippen molar-refractivity contribution in [3.8, 4) is 0 Å². The molecule has 0 radical (unpaired) electrons. The molecule has 0 bridgehead atoms. The number of benzene rings is 1. The number of aromatic amines is 1. The highest BCUT2D eigenvalue weighted by atomic mass is 32.2. The molecular formula is C11H14N2OS. The van der Waals surface area contributed by atoms with E-state index >= 15 is 0 Å². The zero-order chi connectivity index (χ0) is 10.8. The van der Waals surface area contributed by atoms with Crippen LogP contribution in [-0.2, 0) is 11.0 Å². The van der Waals surface area contributed by atoms with Gasteiger partial charge >= 0.3 is 0 Å². The molecule has 4 heteroatoms. The van der Waals surface area contributed by atoms with Gasteiger partial charge in [-0.3, -0.25) is 0 Å². The Labute approximate surface area is 91.5 Å². The Bertz CT molecular complexity index is 504. The van der Waals surface area contributed by atoms with Gasteiger partial charge in [0.1, 0.15) is 11.0 Å². The third-order valence-corrected chi connectivity index (χ3v) is 3.40. The summed E-state index contributed by atoms with van der Waals surface area (Å²) >= 11 is 0. The van der Waals surface area contributed by atoms with Crippen LogP contribution in [0.5, 0.6) is 0 Å². The zero-order valence-corrected chi connectivity index (χ0v) is 9.65. The number of hydrogen-bond acceptors (Lipinski definition) is 1. The SMILES string of the molecule is CCS(=O)Nc1ccc(C)c2cc[nH]c12. The molecule has 3 nitrogen and oxygen atoms in total. The van der Waals surface area contributed by atoms with Crippen LogP contribution in [0.4, 0.5) is 5.69 Å². The minimum Gasteiger partial charge on any atom is -0.359 e. The fourth-order valence-electron chi connectivity index (χ4n) is 1.58. The lowest BCUT2D eigenvalue weighted by Crippen LogP contribution is -2.06. The highest BCUT2D eigenvalue weighted by Crippen LogP contribution is 2.25. The molecule has 1 atom stereocenters. The summed E-state index contributed by atoms with van der Waals surface area (Å²) < 4.78 is 14.4. The maximum atomic E-state index is 11.4. The number of fused-ring (bicyclic) bond motifs is 1. The smallest absolute Gasteiger partial charge is 0.116 e. The maximum absolute atomic E-state index is 11.4. The van der Waals surface area contributed by atoms with Gasteiger partial charge in [-0.1, -0.05) is 13.0 Å². The average molecular weight is 222 g/mol. The summed E-state index contributed by atoms with van der Waals surface area (Å²) in [5.74, 6) is 0.607.